The number of carbonyl (C=O) groups excluding carboxylic acids is 1. The molecule has 26 heavy (non-hydrogen) atoms. The number of likely N-dealkylation sites (tertiary alicyclic amines) is 1. The molecule has 2 N–H and O–H groups in total. The Morgan fingerprint density at radius 3 is 2.50 bits per heavy atom. The number of hydrogen-bond donors (Lipinski definition) is 2. The minimum absolute atomic E-state index is 0. The van der Waals surface area contributed by atoms with Crippen molar-refractivity contribution in [2.45, 2.75) is 63.7 Å². The lowest BCUT2D eigenvalue weighted by molar-refractivity contribution is -0.130. The summed E-state index contributed by atoms with van der Waals surface area (Å²) in [7, 11) is 1.11. The molecule has 1 amide bonds. The SMILES string of the molecule is CCS(=O)C1CCCC(NC(=NC)NCC2CCN(C(C)=O)CC2)C1.I. The van der Waals surface area contributed by atoms with E-state index < -0.39 is 10.8 Å². The fourth-order valence-electron chi connectivity index (χ4n) is 3.83. The Morgan fingerprint density at radius 1 is 1.23 bits per heavy atom. The molecule has 0 aromatic carbocycles. The quantitative estimate of drug-likeness (QED) is 0.346. The topological polar surface area (TPSA) is 73.8 Å². The second-order valence-corrected chi connectivity index (χ2v) is 9.21. The summed E-state index contributed by atoms with van der Waals surface area (Å²) < 4.78 is 12.1. The lowest BCUT2D eigenvalue weighted by Gasteiger charge is -2.33. The lowest BCUT2D eigenvalue weighted by atomic mass is 9.95. The van der Waals surface area contributed by atoms with Gasteiger partial charge >= 0.3 is 0 Å². The molecule has 1 heterocycles. The van der Waals surface area contributed by atoms with E-state index in [9.17, 15) is 9.00 Å². The van der Waals surface area contributed by atoms with E-state index in [0.29, 0.717) is 17.2 Å². The molecule has 0 aromatic rings. The summed E-state index contributed by atoms with van der Waals surface area (Å²) in [6.07, 6.45) is 6.40. The van der Waals surface area contributed by atoms with Crippen LogP contribution in [0.2, 0.25) is 0 Å². The van der Waals surface area contributed by atoms with Gasteiger partial charge in [-0.15, -0.1) is 24.0 Å². The van der Waals surface area contributed by atoms with E-state index in [0.717, 1.165) is 69.9 Å². The van der Waals surface area contributed by atoms with Crippen molar-refractivity contribution in [3.63, 3.8) is 0 Å². The third-order valence-corrected chi connectivity index (χ3v) is 7.21. The van der Waals surface area contributed by atoms with Gasteiger partial charge in [-0.05, 0) is 38.0 Å². The molecule has 152 valence electrons. The van der Waals surface area contributed by atoms with Crippen LogP contribution >= 0.6 is 24.0 Å². The van der Waals surface area contributed by atoms with Crippen molar-refractivity contribution in [1.82, 2.24) is 15.5 Å². The van der Waals surface area contributed by atoms with Gasteiger partial charge in [0, 0.05) is 61.4 Å². The summed E-state index contributed by atoms with van der Waals surface area (Å²) in [6, 6.07) is 0.361. The molecule has 6 nitrogen and oxygen atoms in total. The number of aliphatic imine (C=N–C) groups is 1. The second-order valence-electron chi connectivity index (χ2n) is 7.20. The lowest BCUT2D eigenvalue weighted by Crippen LogP contribution is -2.48. The van der Waals surface area contributed by atoms with Crippen LogP contribution in [-0.4, -0.2) is 64.7 Å². The third-order valence-electron chi connectivity index (χ3n) is 5.46. The summed E-state index contributed by atoms with van der Waals surface area (Å²) in [4.78, 5) is 17.7. The van der Waals surface area contributed by atoms with Gasteiger partial charge in [0.25, 0.3) is 0 Å². The minimum atomic E-state index is -0.698. The highest BCUT2D eigenvalue weighted by molar-refractivity contribution is 14.0. The van der Waals surface area contributed by atoms with Gasteiger partial charge in [-0.3, -0.25) is 14.0 Å². The molecule has 3 atom stereocenters. The molecule has 0 spiro atoms. The second kappa shape index (κ2) is 12.2. The molecule has 2 aliphatic rings. The van der Waals surface area contributed by atoms with E-state index in [-0.39, 0.29) is 29.9 Å². The maximum atomic E-state index is 12.1. The Kier molecular flexibility index (Phi) is 11.1. The maximum Gasteiger partial charge on any atom is 0.219 e. The molecular weight excluding hydrogens is 463 g/mol. The first-order valence-corrected chi connectivity index (χ1v) is 11.0. The van der Waals surface area contributed by atoms with Crippen molar-refractivity contribution >= 4 is 46.6 Å². The Morgan fingerprint density at radius 2 is 1.92 bits per heavy atom. The fourth-order valence-corrected chi connectivity index (χ4v) is 5.18. The number of halogens is 1. The van der Waals surface area contributed by atoms with E-state index >= 15 is 0 Å². The molecule has 1 saturated heterocycles. The van der Waals surface area contributed by atoms with Crippen molar-refractivity contribution in [3.8, 4) is 0 Å². The van der Waals surface area contributed by atoms with Crippen molar-refractivity contribution < 1.29 is 9.00 Å². The zero-order valence-electron chi connectivity index (χ0n) is 16.3. The van der Waals surface area contributed by atoms with Gasteiger partial charge < -0.3 is 15.5 Å². The first-order chi connectivity index (χ1) is 12.0. The van der Waals surface area contributed by atoms with Gasteiger partial charge in [-0.25, -0.2) is 0 Å². The molecule has 0 radical (unpaired) electrons. The maximum absolute atomic E-state index is 12.1. The highest BCUT2D eigenvalue weighted by Gasteiger charge is 2.26. The molecule has 1 saturated carbocycles. The Balaban J connectivity index is 0.00000338. The van der Waals surface area contributed by atoms with Crippen LogP contribution in [0.25, 0.3) is 0 Å². The number of amides is 1. The van der Waals surface area contributed by atoms with E-state index in [4.69, 9.17) is 0 Å². The first-order valence-electron chi connectivity index (χ1n) is 9.63. The zero-order chi connectivity index (χ0) is 18.2. The van der Waals surface area contributed by atoms with Crippen LogP contribution in [0.1, 0.15) is 52.4 Å². The summed E-state index contributed by atoms with van der Waals surface area (Å²) in [5.41, 5.74) is 0. The summed E-state index contributed by atoms with van der Waals surface area (Å²) in [5.74, 6) is 2.37. The van der Waals surface area contributed by atoms with Gasteiger partial charge in [-0.2, -0.15) is 0 Å². The molecule has 2 rings (SSSR count). The van der Waals surface area contributed by atoms with Crippen LogP contribution in [0, 0.1) is 5.92 Å². The molecule has 1 aliphatic heterocycles. The Bertz CT molecular complexity index is 496. The number of piperidine rings is 1. The van der Waals surface area contributed by atoms with Crippen LogP contribution in [0.15, 0.2) is 4.99 Å². The van der Waals surface area contributed by atoms with Crippen LogP contribution in [-0.2, 0) is 15.6 Å². The predicted octanol–water partition coefficient (Wildman–Crippen LogP) is 2.11. The molecule has 0 aromatic heterocycles. The molecular formula is C18H35IN4O2S. The fraction of sp³-hybridized carbons (Fsp3) is 0.889. The van der Waals surface area contributed by atoms with Gasteiger partial charge in [0.15, 0.2) is 5.96 Å². The zero-order valence-corrected chi connectivity index (χ0v) is 19.5. The number of nitrogens with zero attached hydrogens (tertiary/aromatic N) is 2. The highest BCUT2D eigenvalue weighted by Crippen LogP contribution is 2.23. The molecule has 1 aliphatic carbocycles. The number of hydrogen-bond acceptors (Lipinski definition) is 3. The van der Waals surface area contributed by atoms with Gasteiger partial charge in [0.2, 0.25) is 5.91 Å². The number of carbonyl (C=O) groups is 1. The average molecular weight is 498 g/mol. The number of rotatable bonds is 5. The molecule has 8 heteroatoms. The van der Waals surface area contributed by atoms with E-state index in [1.807, 2.05) is 11.8 Å². The van der Waals surface area contributed by atoms with E-state index in [2.05, 4.69) is 15.6 Å². The molecule has 2 fully saturated rings. The van der Waals surface area contributed by atoms with Crippen LogP contribution in [0.4, 0.5) is 0 Å². The largest absolute Gasteiger partial charge is 0.356 e. The van der Waals surface area contributed by atoms with Crippen LogP contribution in [0.3, 0.4) is 0 Å². The van der Waals surface area contributed by atoms with Gasteiger partial charge in [0.05, 0.1) is 0 Å². The standard InChI is InChI=1S/C18H34N4O2S.HI/c1-4-25(24)17-7-5-6-16(12-17)21-18(19-3)20-13-15-8-10-22(11-9-15)14(2)23;/h15-17H,4-13H2,1-3H3,(H2,19,20,21);1H. The van der Waals surface area contributed by atoms with E-state index in [1.165, 1.54) is 0 Å². The third kappa shape index (κ3) is 7.32. The summed E-state index contributed by atoms with van der Waals surface area (Å²) >= 11 is 0. The summed E-state index contributed by atoms with van der Waals surface area (Å²) in [5, 5.41) is 7.29. The number of guanidine groups is 1. The van der Waals surface area contributed by atoms with Crippen LogP contribution < -0.4 is 10.6 Å². The molecule has 0 bridgehead atoms. The Hall–Kier alpha value is -0.380. The van der Waals surface area contributed by atoms with Crippen LogP contribution in [0.5, 0.6) is 0 Å². The average Bonchev–Trinajstić information content (AvgIpc) is 2.64. The van der Waals surface area contributed by atoms with Crippen molar-refractivity contribution in [1.29, 1.82) is 0 Å². The highest BCUT2D eigenvalue weighted by atomic mass is 127. The van der Waals surface area contributed by atoms with Gasteiger partial charge in [0.1, 0.15) is 0 Å². The smallest absolute Gasteiger partial charge is 0.219 e. The van der Waals surface area contributed by atoms with E-state index in [1.54, 1.807) is 14.0 Å². The van der Waals surface area contributed by atoms with Crippen molar-refractivity contribution in [2.75, 3.05) is 32.4 Å². The predicted molar refractivity (Wildman–Crippen MR) is 120 cm³/mol. The first kappa shape index (κ1) is 23.7. The Labute approximate surface area is 177 Å². The number of nitrogens with one attached hydrogen (secondary N) is 2. The monoisotopic (exact) mass is 498 g/mol. The van der Waals surface area contributed by atoms with Crippen molar-refractivity contribution in [2.24, 2.45) is 10.9 Å². The van der Waals surface area contributed by atoms with Gasteiger partial charge in [-0.1, -0.05) is 13.3 Å². The summed E-state index contributed by atoms with van der Waals surface area (Å²) in [6.45, 7) is 6.27. The molecule has 3 unspecified atom stereocenters. The normalized spacial score (nSPS) is 26.0. The van der Waals surface area contributed by atoms with Crippen molar-refractivity contribution in [3.05, 3.63) is 0 Å². The minimum Gasteiger partial charge on any atom is -0.356 e.